The number of rotatable bonds is 4. The topological polar surface area (TPSA) is 55.1 Å². The van der Waals surface area contributed by atoms with Crippen molar-refractivity contribution < 1.29 is 4.79 Å². The minimum absolute atomic E-state index is 0. The number of halogens is 2. The van der Waals surface area contributed by atoms with Crippen LogP contribution in [0.2, 0.25) is 0 Å². The standard InChI is InChI=1S/C18H19BrN2O.ClH/c19-15-6-4-14(5-7-15)18(10-1-11-18)21-17(22)12-13-2-8-16(20)9-3-13;/h2-9H,1,10-12,20H2,(H,21,22);1H. The molecule has 5 heteroatoms. The second kappa shape index (κ2) is 7.37. The van der Waals surface area contributed by atoms with E-state index < -0.39 is 0 Å². The van der Waals surface area contributed by atoms with Gasteiger partial charge in [0.25, 0.3) is 0 Å². The third-order valence-electron chi connectivity index (χ3n) is 4.33. The van der Waals surface area contributed by atoms with Crippen molar-refractivity contribution in [1.82, 2.24) is 5.32 Å². The Morgan fingerprint density at radius 3 is 2.22 bits per heavy atom. The predicted molar refractivity (Wildman–Crippen MR) is 99.6 cm³/mol. The Bertz CT molecular complexity index is 666. The molecular formula is C18H20BrClN2O. The van der Waals surface area contributed by atoms with Gasteiger partial charge in [-0.2, -0.15) is 0 Å². The molecule has 1 aliphatic rings. The Hall–Kier alpha value is -1.52. The fourth-order valence-corrected chi connectivity index (χ4v) is 3.18. The molecule has 0 aromatic heterocycles. The van der Waals surface area contributed by atoms with Gasteiger partial charge in [-0.05, 0) is 54.7 Å². The highest BCUT2D eigenvalue weighted by molar-refractivity contribution is 9.10. The van der Waals surface area contributed by atoms with Crippen LogP contribution in [-0.4, -0.2) is 5.91 Å². The molecule has 3 nitrogen and oxygen atoms in total. The molecule has 23 heavy (non-hydrogen) atoms. The molecule has 0 atom stereocenters. The van der Waals surface area contributed by atoms with Gasteiger partial charge < -0.3 is 11.1 Å². The smallest absolute Gasteiger partial charge is 0.225 e. The second-order valence-electron chi connectivity index (χ2n) is 5.91. The van der Waals surface area contributed by atoms with E-state index >= 15 is 0 Å². The Labute approximate surface area is 151 Å². The summed E-state index contributed by atoms with van der Waals surface area (Å²) in [6, 6.07) is 15.7. The van der Waals surface area contributed by atoms with Crippen molar-refractivity contribution in [2.24, 2.45) is 0 Å². The van der Waals surface area contributed by atoms with E-state index in [9.17, 15) is 4.79 Å². The number of benzene rings is 2. The summed E-state index contributed by atoms with van der Waals surface area (Å²) in [6.45, 7) is 0. The summed E-state index contributed by atoms with van der Waals surface area (Å²) in [6.07, 6.45) is 3.54. The maximum Gasteiger partial charge on any atom is 0.225 e. The van der Waals surface area contributed by atoms with Gasteiger partial charge in [-0.25, -0.2) is 0 Å². The van der Waals surface area contributed by atoms with Crippen LogP contribution >= 0.6 is 28.3 Å². The second-order valence-corrected chi connectivity index (χ2v) is 6.82. The van der Waals surface area contributed by atoms with Gasteiger partial charge in [-0.15, -0.1) is 12.4 Å². The fraction of sp³-hybridized carbons (Fsp3) is 0.278. The molecule has 0 unspecified atom stereocenters. The molecule has 0 radical (unpaired) electrons. The highest BCUT2D eigenvalue weighted by Crippen LogP contribution is 2.41. The normalized spacial score (nSPS) is 15.2. The SMILES string of the molecule is Cl.Nc1ccc(CC(=O)NC2(c3ccc(Br)cc3)CCC2)cc1. The van der Waals surface area contributed by atoms with Crippen LogP contribution in [0.4, 0.5) is 5.69 Å². The molecule has 1 saturated carbocycles. The van der Waals surface area contributed by atoms with Crippen molar-refractivity contribution in [3.05, 3.63) is 64.1 Å². The average Bonchev–Trinajstić information content (AvgIpc) is 2.46. The molecular weight excluding hydrogens is 376 g/mol. The van der Waals surface area contributed by atoms with Gasteiger partial charge in [-0.1, -0.05) is 40.2 Å². The minimum Gasteiger partial charge on any atom is -0.399 e. The fourth-order valence-electron chi connectivity index (χ4n) is 2.92. The van der Waals surface area contributed by atoms with Crippen LogP contribution in [0.5, 0.6) is 0 Å². The van der Waals surface area contributed by atoms with Gasteiger partial charge in [0, 0.05) is 10.2 Å². The Kier molecular flexibility index (Phi) is 5.71. The summed E-state index contributed by atoms with van der Waals surface area (Å²) in [4.78, 5) is 12.4. The summed E-state index contributed by atoms with van der Waals surface area (Å²) < 4.78 is 1.05. The first-order chi connectivity index (χ1) is 10.6. The first-order valence-electron chi connectivity index (χ1n) is 7.49. The first-order valence-corrected chi connectivity index (χ1v) is 8.28. The van der Waals surface area contributed by atoms with E-state index in [1.54, 1.807) is 0 Å². The third-order valence-corrected chi connectivity index (χ3v) is 4.86. The average molecular weight is 396 g/mol. The van der Waals surface area contributed by atoms with Crippen molar-refractivity contribution in [3.63, 3.8) is 0 Å². The summed E-state index contributed by atoms with van der Waals surface area (Å²) in [7, 11) is 0. The molecule has 2 aromatic carbocycles. The van der Waals surface area contributed by atoms with E-state index in [1.807, 2.05) is 36.4 Å². The van der Waals surface area contributed by atoms with Crippen LogP contribution < -0.4 is 11.1 Å². The Morgan fingerprint density at radius 2 is 1.70 bits per heavy atom. The van der Waals surface area contributed by atoms with Crippen LogP contribution in [0.25, 0.3) is 0 Å². The Balaban J connectivity index is 0.00000192. The molecule has 122 valence electrons. The lowest BCUT2D eigenvalue weighted by atomic mass is 9.71. The van der Waals surface area contributed by atoms with Crippen LogP contribution in [0.15, 0.2) is 53.0 Å². The number of anilines is 1. The quantitative estimate of drug-likeness (QED) is 0.763. The number of hydrogen-bond acceptors (Lipinski definition) is 2. The molecule has 0 spiro atoms. The molecule has 1 amide bonds. The maximum atomic E-state index is 12.4. The Morgan fingerprint density at radius 1 is 1.09 bits per heavy atom. The number of nitrogen functional groups attached to an aromatic ring is 1. The number of carbonyl (C=O) groups excluding carboxylic acids is 1. The summed E-state index contributed by atoms with van der Waals surface area (Å²) in [5.74, 6) is 0.0624. The van der Waals surface area contributed by atoms with Crippen molar-refractivity contribution in [2.75, 3.05) is 5.73 Å². The zero-order valence-corrected chi connectivity index (χ0v) is 15.1. The molecule has 3 N–H and O–H groups in total. The molecule has 0 heterocycles. The molecule has 0 saturated heterocycles. The number of nitrogens with two attached hydrogens (primary N) is 1. The van der Waals surface area contributed by atoms with E-state index in [1.165, 1.54) is 5.56 Å². The number of amides is 1. The van der Waals surface area contributed by atoms with E-state index in [0.29, 0.717) is 6.42 Å². The number of hydrogen-bond donors (Lipinski definition) is 2. The number of carbonyl (C=O) groups is 1. The number of nitrogens with one attached hydrogen (secondary N) is 1. The lowest BCUT2D eigenvalue weighted by molar-refractivity contribution is -0.123. The molecule has 0 aliphatic heterocycles. The van der Waals surface area contributed by atoms with Crippen molar-refractivity contribution in [3.8, 4) is 0 Å². The lowest BCUT2D eigenvalue weighted by Gasteiger charge is -2.43. The van der Waals surface area contributed by atoms with Gasteiger partial charge in [-0.3, -0.25) is 4.79 Å². The zero-order chi connectivity index (χ0) is 15.6. The molecule has 1 aliphatic carbocycles. The van der Waals surface area contributed by atoms with Crippen LogP contribution in [-0.2, 0) is 16.8 Å². The largest absolute Gasteiger partial charge is 0.399 e. The van der Waals surface area contributed by atoms with Crippen molar-refractivity contribution in [1.29, 1.82) is 0 Å². The lowest BCUT2D eigenvalue weighted by Crippen LogP contribution is -2.51. The monoisotopic (exact) mass is 394 g/mol. The van der Waals surface area contributed by atoms with Gasteiger partial charge in [0.15, 0.2) is 0 Å². The van der Waals surface area contributed by atoms with E-state index in [4.69, 9.17) is 5.73 Å². The molecule has 1 fully saturated rings. The highest BCUT2D eigenvalue weighted by Gasteiger charge is 2.39. The predicted octanol–water partition coefficient (Wildman–Crippen LogP) is 4.19. The first kappa shape index (κ1) is 17.8. The maximum absolute atomic E-state index is 12.4. The van der Waals surface area contributed by atoms with E-state index in [2.05, 4.69) is 33.4 Å². The van der Waals surface area contributed by atoms with Crippen molar-refractivity contribution >= 4 is 39.9 Å². The summed E-state index contributed by atoms with van der Waals surface area (Å²) >= 11 is 3.46. The molecule has 0 bridgehead atoms. The van der Waals surface area contributed by atoms with Gasteiger partial charge >= 0.3 is 0 Å². The van der Waals surface area contributed by atoms with Crippen LogP contribution in [0, 0.1) is 0 Å². The van der Waals surface area contributed by atoms with E-state index in [-0.39, 0.29) is 23.9 Å². The van der Waals surface area contributed by atoms with Gasteiger partial charge in [0.05, 0.1) is 12.0 Å². The zero-order valence-electron chi connectivity index (χ0n) is 12.7. The summed E-state index contributed by atoms with van der Waals surface area (Å²) in [5, 5.41) is 3.24. The van der Waals surface area contributed by atoms with Gasteiger partial charge in [0.2, 0.25) is 5.91 Å². The van der Waals surface area contributed by atoms with Crippen molar-refractivity contribution in [2.45, 2.75) is 31.2 Å². The van der Waals surface area contributed by atoms with Gasteiger partial charge in [0.1, 0.15) is 0 Å². The summed E-state index contributed by atoms with van der Waals surface area (Å²) in [5.41, 5.74) is 8.37. The van der Waals surface area contributed by atoms with Crippen LogP contribution in [0.1, 0.15) is 30.4 Å². The minimum atomic E-state index is -0.189. The third kappa shape index (κ3) is 4.06. The highest BCUT2D eigenvalue weighted by atomic mass is 79.9. The van der Waals surface area contributed by atoms with E-state index in [0.717, 1.165) is 35.0 Å². The van der Waals surface area contributed by atoms with Crippen LogP contribution in [0.3, 0.4) is 0 Å². The molecule has 3 rings (SSSR count). The molecule has 2 aromatic rings.